The fourth-order valence-electron chi connectivity index (χ4n) is 6.86. The van der Waals surface area contributed by atoms with Crippen molar-refractivity contribution in [2.45, 2.75) is 82.2 Å². The second-order valence-corrected chi connectivity index (χ2v) is 11.5. The van der Waals surface area contributed by atoms with Gasteiger partial charge in [0, 0.05) is 17.8 Å². The average molecular weight is 544 g/mol. The summed E-state index contributed by atoms with van der Waals surface area (Å²) in [5, 5.41) is 6.21. The summed E-state index contributed by atoms with van der Waals surface area (Å²) in [5.41, 5.74) is -0.540. The lowest BCUT2D eigenvalue weighted by molar-refractivity contribution is -0.143. The lowest BCUT2D eigenvalue weighted by Crippen LogP contribution is -2.58. The second kappa shape index (κ2) is 10.7. The summed E-state index contributed by atoms with van der Waals surface area (Å²) in [4.78, 5) is 43.2. The van der Waals surface area contributed by atoms with Gasteiger partial charge in [-0.2, -0.15) is 0 Å². The molecule has 6 atom stereocenters. The number of hydrogen-bond donors (Lipinski definition) is 2. The highest BCUT2D eigenvalue weighted by Crippen LogP contribution is 2.55. The molecule has 8 nitrogen and oxygen atoms in total. The van der Waals surface area contributed by atoms with E-state index in [0.29, 0.717) is 17.9 Å². The van der Waals surface area contributed by atoms with Gasteiger partial charge in [0.05, 0.1) is 17.9 Å². The Bertz CT molecular complexity index is 1290. The molecule has 3 aliphatic heterocycles. The maximum Gasteiger partial charge on any atom is 0.246 e. The number of carbonyl (C=O) groups excluding carboxylic acids is 3. The van der Waals surface area contributed by atoms with Crippen LogP contribution in [0.2, 0.25) is 0 Å². The van der Waals surface area contributed by atoms with E-state index in [1.54, 1.807) is 29.2 Å². The molecule has 2 saturated heterocycles. The van der Waals surface area contributed by atoms with Gasteiger partial charge in [-0.25, -0.2) is 0 Å². The molecule has 3 amide bonds. The molecule has 6 rings (SSSR count). The van der Waals surface area contributed by atoms with Crippen LogP contribution in [-0.4, -0.2) is 52.5 Å². The van der Waals surface area contributed by atoms with Crippen LogP contribution in [0.5, 0.6) is 11.5 Å². The molecule has 3 heterocycles. The highest BCUT2D eigenvalue weighted by Gasteiger charge is 2.73. The van der Waals surface area contributed by atoms with Gasteiger partial charge >= 0.3 is 0 Å². The van der Waals surface area contributed by atoms with Crippen molar-refractivity contribution < 1.29 is 23.9 Å². The van der Waals surface area contributed by atoms with Gasteiger partial charge in [0.2, 0.25) is 17.7 Å². The molecular formula is C32H37N3O5. The number of nitrogens with one attached hydrogen (secondary N) is 2. The quantitative estimate of drug-likeness (QED) is 0.466. The zero-order chi connectivity index (χ0) is 27.9. The first-order chi connectivity index (χ1) is 19.4. The minimum atomic E-state index is -1.14. The number of ether oxygens (including phenoxy) is 2. The van der Waals surface area contributed by atoms with E-state index in [0.717, 1.165) is 31.4 Å². The van der Waals surface area contributed by atoms with E-state index in [1.807, 2.05) is 56.3 Å². The predicted octanol–water partition coefficient (Wildman–Crippen LogP) is 4.82. The molecule has 1 aliphatic carbocycles. The molecular weight excluding hydrogens is 506 g/mol. The van der Waals surface area contributed by atoms with Crippen LogP contribution >= 0.6 is 0 Å². The lowest BCUT2D eigenvalue weighted by atomic mass is 9.74. The van der Waals surface area contributed by atoms with Crippen molar-refractivity contribution in [3.8, 4) is 11.5 Å². The maximum atomic E-state index is 14.0. The number of para-hydroxylation sites is 1. The van der Waals surface area contributed by atoms with Crippen LogP contribution in [-0.2, 0) is 19.1 Å². The standard InChI is InChI=1S/C32H37N3O5/c1-3-20(2)35-28(30(37)34-21-10-6-4-7-11-21)32-19-18-25(40-32)26(27(32)31(35)38)29(36)33-22-14-16-24(17-15-22)39-23-12-8-5-9-13-23/h5,8-9,12-21,25-28H,3-4,6-7,10-11H2,1-2H3,(H,33,36)(H,34,37). The molecule has 1 saturated carbocycles. The average Bonchev–Trinajstić information content (AvgIpc) is 3.62. The second-order valence-electron chi connectivity index (χ2n) is 11.5. The van der Waals surface area contributed by atoms with Crippen LogP contribution in [0.15, 0.2) is 66.7 Å². The van der Waals surface area contributed by atoms with Crippen LogP contribution in [0.4, 0.5) is 5.69 Å². The van der Waals surface area contributed by atoms with Crippen molar-refractivity contribution in [2.24, 2.45) is 11.8 Å². The molecule has 4 aliphatic rings. The Kier molecular flexibility index (Phi) is 7.13. The number of rotatable bonds is 8. The molecule has 210 valence electrons. The molecule has 2 bridgehead atoms. The number of anilines is 1. The number of nitrogens with zero attached hydrogens (tertiary/aromatic N) is 1. The van der Waals surface area contributed by atoms with Crippen LogP contribution in [0, 0.1) is 11.8 Å². The Morgan fingerprint density at radius 3 is 2.42 bits per heavy atom. The summed E-state index contributed by atoms with van der Waals surface area (Å²) in [6.07, 6.45) is 9.14. The Hall–Kier alpha value is -3.65. The lowest BCUT2D eigenvalue weighted by Gasteiger charge is -2.36. The zero-order valence-electron chi connectivity index (χ0n) is 23.0. The highest BCUT2D eigenvalue weighted by atomic mass is 16.5. The van der Waals surface area contributed by atoms with E-state index in [9.17, 15) is 14.4 Å². The molecule has 0 radical (unpaired) electrons. The Balaban J connectivity index is 1.21. The number of hydrogen-bond acceptors (Lipinski definition) is 5. The molecule has 2 aromatic rings. The third kappa shape index (κ3) is 4.58. The molecule has 6 unspecified atom stereocenters. The van der Waals surface area contributed by atoms with Crippen LogP contribution < -0.4 is 15.4 Å². The van der Waals surface area contributed by atoms with E-state index < -0.39 is 29.6 Å². The molecule has 2 N–H and O–H groups in total. The molecule has 3 fully saturated rings. The third-order valence-electron chi connectivity index (χ3n) is 8.98. The van der Waals surface area contributed by atoms with E-state index >= 15 is 0 Å². The van der Waals surface area contributed by atoms with E-state index in [1.165, 1.54) is 6.42 Å². The normalized spacial score (nSPS) is 29.8. The van der Waals surface area contributed by atoms with Gasteiger partial charge in [0.1, 0.15) is 23.1 Å². The SMILES string of the molecule is CCC(C)N1C(=O)C2C(C(=O)Nc3ccc(Oc4ccccc4)cc3)C3C=CC2(O3)C1C(=O)NC1CCCCC1. The fraction of sp³-hybridized carbons (Fsp3) is 0.469. The fourth-order valence-corrected chi connectivity index (χ4v) is 6.86. The van der Waals surface area contributed by atoms with Gasteiger partial charge in [0.15, 0.2) is 0 Å². The van der Waals surface area contributed by atoms with Crippen molar-refractivity contribution in [2.75, 3.05) is 5.32 Å². The van der Waals surface area contributed by atoms with E-state index in [-0.39, 0.29) is 29.8 Å². The van der Waals surface area contributed by atoms with Gasteiger partial charge in [0.25, 0.3) is 0 Å². The summed E-state index contributed by atoms with van der Waals surface area (Å²) in [5.74, 6) is -0.750. The summed E-state index contributed by atoms with van der Waals surface area (Å²) in [6.45, 7) is 3.96. The first-order valence-corrected chi connectivity index (χ1v) is 14.5. The Morgan fingerprint density at radius 2 is 1.73 bits per heavy atom. The van der Waals surface area contributed by atoms with Crippen LogP contribution in [0.3, 0.4) is 0 Å². The minimum absolute atomic E-state index is 0.112. The number of carbonyl (C=O) groups is 3. The van der Waals surface area contributed by atoms with Gasteiger partial charge in [-0.15, -0.1) is 0 Å². The minimum Gasteiger partial charge on any atom is -0.457 e. The topological polar surface area (TPSA) is 97.0 Å². The molecule has 0 aromatic heterocycles. The first-order valence-electron chi connectivity index (χ1n) is 14.5. The zero-order valence-corrected chi connectivity index (χ0v) is 23.0. The van der Waals surface area contributed by atoms with Crippen molar-refractivity contribution in [3.05, 3.63) is 66.7 Å². The van der Waals surface area contributed by atoms with Gasteiger partial charge in [-0.05, 0) is 62.6 Å². The van der Waals surface area contributed by atoms with Crippen molar-refractivity contribution in [1.29, 1.82) is 0 Å². The van der Waals surface area contributed by atoms with Crippen molar-refractivity contribution in [1.82, 2.24) is 10.2 Å². The monoisotopic (exact) mass is 543 g/mol. The van der Waals surface area contributed by atoms with E-state index in [2.05, 4.69) is 10.6 Å². The smallest absolute Gasteiger partial charge is 0.246 e. The first kappa shape index (κ1) is 26.6. The van der Waals surface area contributed by atoms with Gasteiger partial charge in [-0.1, -0.05) is 56.5 Å². The van der Waals surface area contributed by atoms with Crippen molar-refractivity contribution in [3.63, 3.8) is 0 Å². The number of benzene rings is 2. The third-order valence-corrected chi connectivity index (χ3v) is 8.98. The number of likely N-dealkylation sites (tertiary alicyclic amines) is 1. The molecule has 40 heavy (non-hydrogen) atoms. The van der Waals surface area contributed by atoms with E-state index in [4.69, 9.17) is 9.47 Å². The number of amides is 3. The molecule has 1 spiro atoms. The molecule has 8 heteroatoms. The predicted molar refractivity (Wildman–Crippen MR) is 151 cm³/mol. The molecule has 2 aromatic carbocycles. The van der Waals surface area contributed by atoms with Crippen LogP contribution in [0.25, 0.3) is 0 Å². The largest absolute Gasteiger partial charge is 0.457 e. The summed E-state index contributed by atoms with van der Waals surface area (Å²) in [7, 11) is 0. The summed E-state index contributed by atoms with van der Waals surface area (Å²) >= 11 is 0. The summed E-state index contributed by atoms with van der Waals surface area (Å²) < 4.78 is 12.3. The van der Waals surface area contributed by atoms with Gasteiger partial charge < -0.3 is 25.0 Å². The summed E-state index contributed by atoms with van der Waals surface area (Å²) in [6, 6.07) is 15.8. The van der Waals surface area contributed by atoms with Crippen LogP contribution in [0.1, 0.15) is 52.4 Å². The Labute approximate surface area is 235 Å². The maximum absolute atomic E-state index is 14.0. The highest BCUT2D eigenvalue weighted by molar-refractivity contribution is 6.03. The van der Waals surface area contributed by atoms with Crippen molar-refractivity contribution >= 4 is 23.4 Å². The Morgan fingerprint density at radius 1 is 1.02 bits per heavy atom. The number of fused-ring (bicyclic) bond motifs is 1. The van der Waals surface area contributed by atoms with Gasteiger partial charge in [-0.3, -0.25) is 14.4 Å².